The van der Waals surface area contributed by atoms with Crippen molar-refractivity contribution in [2.45, 2.75) is 17.9 Å². The van der Waals surface area contributed by atoms with E-state index in [9.17, 15) is 17.6 Å². The van der Waals surface area contributed by atoms with Crippen LogP contribution in [0.25, 0.3) is 0 Å². The van der Waals surface area contributed by atoms with E-state index in [1.807, 2.05) is 0 Å². The van der Waals surface area contributed by atoms with Gasteiger partial charge in [-0.3, -0.25) is 4.79 Å². The van der Waals surface area contributed by atoms with Crippen LogP contribution in [0.2, 0.25) is 0 Å². The van der Waals surface area contributed by atoms with Crippen molar-refractivity contribution in [3.63, 3.8) is 0 Å². The van der Waals surface area contributed by atoms with Crippen LogP contribution < -0.4 is 19.5 Å². The highest BCUT2D eigenvalue weighted by atomic mass is 32.2. The van der Waals surface area contributed by atoms with Gasteiger partial charge in [0.2, 0.25) is 15.9 Å². The van der Waals surface area contributed by atoms with E-state index in [2.05, 4.69) is 10.0 Å². The lowest BCUT2D eigenvalue weighted by molar-refractivity contribution is -0.117. The van der Waals surface area contributed by atoms with Gasteiger partial charge >= 0.3 is 0 Å². The van der Waals surface area contributed by atoms with Crippen LogP contribution in [0.1, 0.15) is 6.92 Å². The summed E-state index contributed by atoms with van der Waals surface area (Å²) in [5.74, 6) is -0.00591. The third-order valence-electron chi connectivity index (χ3n) is 3.66. The summed E-state index contributed by atoms with van der Waals surface area (Å²) in [5.41, 5.74) is 0.451. The highest BCUT2D eigenvalue weighted by molar-refractivity contribution is 7.89. The van der Waals surface area contributed by atoms with E-state index >= 15 is 0 Å². The Morgan fingerprint density at radius 2 is 1.73 bits per heavy atom. The number of sulfonamides is 1. The van der Waals surface area contributed by atoms with Gasteiger partial charge in [-0.2, -0.15) is 4.72 Å². The van der Waals surface area contributed by atoms with Crippen molar-refractivity contribution in [2.75, 3.05) is 18.5 Å². The predicted octanol–water partition coefficient (Wildman–Crippen LogP) is 1.90. The first-order chi connectivity index (χ1) is 12.3. The SMILES string of the molecule is C[C@H](NS(=O)(=O)c1ccc(F)cc1)C(=O)Nc1ccc2c(c1)OCCO2. The summed E-state index contributed by atoms with van der Waals surface area (Å²) in [7, 11) is -3.95. The van der Waals surface area contributed by atoms with E-state index in [0.717, 1.165) is 24.3 Å². The zero-order chi connectivity index (χ0) is 18.7. The molecule has 1 aliphatic heterocycles. The lowest BCUT2D eigenvalue weighted by atomic mass is 10.2. The van der Waals surface area contributed by atoms with Crippen LogP contribution in [0.5, 0.6) is 11.5 Å². The summed E-state index contributed by atoms with van der Waals surface area (Å²) in [6, 6.07) is 8.19. The monoisotopic (exact) mass is 380 g/mol. The van der Waals surface area contributed by atoms with Crippen LogP contribution in [-0.2, 0) is 14.8 Å². The first-order valence-electron chi connectivity index (χ1n) is 7.83. The standard InChI is InChI=1S/C17H17FN2O5S/c1-11(20-26(22,23)14-5-2-12(18)3-6-14)17(21)19-13-4-7-15-16(10-13)25-9-8-24-15/h2-7,10-11,20H,8-9H2,1H3,(H,19,21)/t11-/m0/s1. The van der Waals surface area contributed by atoms with Crippen molar-refractivity contribution in [2.24, 2.45) is 0 Å². The Balaban J connectivity index is 1.67. The number of hydrogen-bond donors (Lipinski definition) is 2. The summed E-state index contributed by atoms with van der Waals surface area (Å²) in [5, 5.41) is 2.61. The highest BCUT2D eigenvalue weighted by Gasteiger charge is 2.22. The minimum Gasteiger partial charge on any atom is -0.486 e. The van der Waals surface area contributed by atoms with E-state index in [1.54, 1.807) is 18.2 Å². The van der Waals surface area contributed by atoms with Crippen LogP contribution in [0.4, 0.5) is 10.1 Å². The Morgan fingerprint density at radius 3 is 2.42 bits per heavy atom. The molecule has 9 heteroatoms. The molecule has 2 aromatic carbocycles. The Morgan fingerprint density at radius 1 is 1.08 bits per heavy atom. The first kappa shape index (κ1) is 18.2. The molecule has 0 aliphatic carbocycles. The Bertz CT molecular complexity index is 915. The molecule has 1 aliphatic rings. The number of fused-ring (bicyclic) bond motifs is 1. The largest absolute Gasteiger partial charge is 0.486 e. The fourth-order valence-electron chi connectivity index (χ4n) is 2.34. The molecule has 0 saturated heterocycles. The molecule has 0 fully saturated rings. The molecule has 2 N–H and O–H groups in total. The normalized spacial score (nSPS) is 14.5. The lowest BCUT2D eigenvalue weighted by Crippen LogP contribution is -2.41. The second-order valence-corrected chi connectivity index (χ2v) is 7.36. The van der Waals surface area contributed by atoms with Gasteiger partial charge in [-0.05, 0) is 43.3 Å². The molecule has 138 valence electrons. The molecule has 2 aromatic rings. The maximum atomic E-state index is 12.9. The van der Waals surface area contributed by atoms with Crippen molar-refractivity contribution in [3.05, 3.63) is 48.3 Å². The predicted molar refractivity (Wildman–Crippen MR) is 92.2 cm³/mol. The molecular formula is C17H17FN2O5S. The summed E-state index contributed by atoms with van der Waals surface area (Å²) < 4.78 is 50.5. The molecule has 1 atom stereocenters. The van der Waals surface area contributed by atoms with Gasteiger partial charge in [0, 0.05) is 11.8 Å². The number of anilines is 1. The Kier molecular flexibility index (Phi) is 5.10. The molecule has 7 nitrogen and oxygen atoms in total. The van der Waals surface area contributed by atoms with E-state index in [0.29, 0.717) is 30.4 Å². The average Bonchev–Trinajstić information content (AvgIpc) is 2.61. The fraction of sp³-hybridized carbons (Fsp3) is 0.235. The number of rotatable bonds is 5. The molecule has 1 amide bonds. The van der Waals surface area contributed by atoms with Gasteiger partial charge in [-0.1, -0.05) is 0 Å². The number of halogens is 1. The quantitative estimate of drug-likeness (QED) is 0.826. The van der Waals surface area contributed by atoms with Crippen LogP contribution in [-0.4, -0.2) is 33.6 Å². The van der Waals surface area contributed by atoms with Crippen LogP contribution in [0.3, 0.4) is 0 Å². The van der Waals surface area contributed by atoms with E-state index < -0.39 is 27.8 Å². The first-order valence-corrected chi connectivity index (χ1v) is 9.32. The van der Waals surface area contributed by atoms with E-state index in [-0.39, 0.29) is 4.90 Å². The van der Waals surface area contributed by atoms with Gasteiger partial charge in [0.05, 0.1) is 10.9 Å². The molecule has 3 rings (SSSR count). The van der Waals surface area contributed by atoms with Crippen LogP contribution in [0, 0.1) is 5.82 Å². The molecule has 0 aromatic heterocycles. The van der Waals surface area contributed by atoms with Crippen molar-refractivity contribution in [3.8, 4) is 11.5 Å². The number of benzene rings is 2. The summed E-state index contributed by atoms with van der Waals surface area (Å²) in [6.07, 6.45) is 0. The molecule has 0 unspecified atom stereocenters. The number of nitrogens with one attached hydrogen (secondary N) is 2. The Hall–Kier alpha value is -2.65. The minimum absolute atomic E-state index is 0.127. The minimum atomic E-state index is -3.95. The number of ether oxygens (including phenoxy) is 2. The van der Waals surface area contributed by atoms with Gasteiger partial charge in [0.15, 0.2) is 11.5 Å². The van der Waals surface area contributed by atoms with Crippen molar-refractivity contribution in [1.29, 1.82) is 0 Å². The van der Waals surface area contributed by atoms with Gasteiger partial charge < -0.3 is 14.8 Å². The van der Waals surface area contributed by atoms with Gasteiger partial charge in [0.1, 0.15) is 19.0 Å². The molecule has 0 bridgehead atoms. The molecule has 0 saturated carbocycles. The van der Waals surface area contributed by atoms with Gasteiger partial charge in [-0.15, -0.1) is 0 Å². The molecule has 0 spiro atoms. The second-order valence-electron chi connectivity index (χ2n) is 5.64. The summed E-state index contributed by atoms with van der Waals surface area (Å²) in [6.45, 7) is 2.29. The maximum absolute atomic E-state index is 12.9. The summed E-state index contributed by atoms with van der Waals surface area (Å²) in [4.78, 5) is 12.1. The topological polar surface area (TPSA) is 93.7 Å². The summed E-state index contributed by atoms with van der Waals surface area (Å²) >= 11 is 0. The van der Waals surface area contributed by atoms with Crippen LogP contribution >= 0.6 is 0 Å². The second kappa shape index (κ2) is 7.30. The number of carbonyl (C=O) groups excluding carboxylic acids is 1. The molecule has 0 radical (unpaired) electrons. The van der Waals surface area contributed by atoms with Gasteiger partial charge in [0.25, 0.3) is 0 Å². The number of amides is 1. The Labute approximate surface area is 150 Å². The highest BCUT2D eigenvalue weighted by Crippen LogP contribution is 2.32. The zero-order valence-corrected chi connectivity index (χ0v) is 14.7. The molecule has 26 heavy (non-hydrogen) atoms. The van der Waals surface area contributed by atoms with Crippen molar-refractivity contribution >= 4 is 21.6 Å². The maximum Gasteiger partial charge on any atom is 0.242 e. The number of hydrogen-bond acceptors (Lipinski definition) is 5. The third kappa shape index (κ3) is 4.12. The van der Waals surface area contributed by atoms with Crippen molar-refractivity contribution < 1.29 is 27.1 Å². The zero-order valence-electron chi connectivity index (χ0n) is 13.9. The van der Waals surface area contributed by atoms with Crippen LogP contribution in [0.15, 0.2) is 47.4 Å². The number of carbonyl (C=O) groups is 1. The van der Waals surface area contributed by atoms with Gasteiger partial charge in [-0.25, -0.2) is 12.8 Å². The average molecular weight is 380 g/mol. The third-order valence-corrected chi connectivity index (χ3v) is 5.22. The van der Waals surface area contributed by atoms with E-state index in [1.165, 1.54) is 6.92 Å². The lowest BCUT2D eigenvalue weighted by Gasteiger charge is -2.19. The molecule has 1 heterocycles. The molecular weight excluding hydrogens is 363 g/mol. The smallest absolute Gasteiger partial charge is 0.242 e. The van der Waals surface area contributed by atoms with E-state index in [4.69, 9.17) is 9.47 Å². The van der Waals surface area contributed by atoms with Crippen molar-refractivity contribution in [1.82, 2.24) is 4.72 Å². The fourth-order valence-corrected chi connectivity index (χ4v) is 3.54.